The number of benzene rings is 7. The summed E-state index contributed by atoms with van der Waals surface area (Å²) in [4.78, 5) is 0. The molecule has 0 aliphatic rings. The Morgan fingerprint density at radius 2 is 0.517 bits per heavy atom. The Bertz CT molecular complexity index is 3180. The molecule has 8 rings (SSSR count). The topological polar surface area (TPSA) is 13.1 Å². The Balaban J connectivity index is 1.79. The van der Waals surface area contributed by atoms with Gasteiger partial charge >= 0.3 is 0 Å². The molecule has 58 heavy (non-hydrogen) atoms. The summed E-state index contributed by atoms with van der Waals surface area (Å²) in [5, 5.41) is 1.51. The van der Waals surface area contributed by atoms with E-state index in [0.29, 0.717) is 10.8 Å². The summed E-state index contributed by atoms with van der Waals surface area (Å²) in [7, 11) is 139. The van der Waals surface area contributed by atoms with Crippen LogP contribution < -0.4 is 115 Å². The number of rotatable bonds is 2. The highest BCUT2D eigenvalue weighted by Gasteiger charge is 2.30. The molecule has 1 nitrogen and oxygen atoms in total. The number of hydrogen-bond acceptors (Lipinski definition) is 1. The molecule has 0 unspecified atom stereocenters. The average Bonchev–Trinajstić information content (AvgIpc) is 3.58. The van der Waals surface area contributed by atoms with E-state index in [-0.39, 0.29) is 180 Å². The fourth-order valence-corrected chi connectivity index (χ4v) is 8.13. The smallest absolute Gasteiger partial charge is 0.128 e. The maximum absolute atomic E-state index is 7.03. The van der Waals surface area contributed by atoms with E-state index in [1.807, 2.05) is 0 Å². The van der Waals surface area contributed by atoms with E-state index in [1.165, 1.54) is 0 Å². The molecule has 1 aromatic heterocycles. The standard InChI is InChI=1S/C36HB21O/c37-14-2-1-3-4-8(16(39)32(55)34(57)36(4)58-35(3)23(46)5(2)15(38)25(48)24(14)47)6-9-11(19(42)28(51)26(49)17(9)40)7(12-10(6)18(41)27(50)29(52)20(12)43)13-21(44)30(53)33(56)31(54)22(13)45/h1H. The van der Waals surface area contributed by atoms with Gasteiger partial charge in [-0.1, -0.05) is 54.6 Å². The average molecular weight is 676 g/mol. The van der Waals surface area contributed by atoms with Crippen LogP contribution in [0, 0.1) is 0 Å². The van der Waals surface area contributed by atoms with Gasteiger partial charge < -0.3 is 4.42 Å². The van der Waals surface area contributed by atoms with Crippen molar-refractivity contribution in [3.63, 3.8) is 0 Å². The van der Waals surface area contributed by atoms with Crippen molar-refractivity contribution < 1.29 is 4.42 Å². The van der Waals surface area contributed by atoms with Gasteiger partial charge in [0, 0.05) is 10.8 Å². The summed E-state index contributed by atoms with van der Waals surface area (Å²) in [6.07, 6.45) is 0. The van der Waals surface area contributed by atoms with E-state index < -0.39 is 0 Å². The van der Waals surface area contributed by atoms with Crippen molar-refractivity contribution >= 4 is 334 Å². The summed E-state index contributed by atoms with van der Waals surface area (Å²) < 4.78 is 6.44. The molecule has 0 aliphatic carbocycles. The van der Waals surface area contributed by atoms with Crippen molar-refractivity contribution in [2.24, 2.45) is 0 Å². The van der Waals surface area contributed by atoms with Gasteiger partial charge in [-0.25, -0.2) is 0 Å². The minimum Gasteiger partial charge on any atom is -0.457 e. The first-order valence-corrected chi connectivity index (χ1v) is 17.0. The minimum atomic E-state index is -0.120. The molecule has 0 saturated heterocycles. The highest BCUT2D eigenvalue weighted by Crippen LogP contribution is 2.43. The molecule has 0 aliphatic heterocycles. The number of hydrogen-bond donors (Lipinski definition) is 0. The molecule has 42 radical (unpaired) electrons. The lowest BCUT2D eigenvalue weighted by Crippen LogP contribution is -2.55. The lowest BCUT2D eigenvalue weighted by molar-refractivity contribution is 0.675. The van der Waals surface area contributed by atoms with Crippen molar-refractivity contribution in [1.29, 1.82) is 0 Å². The van der Waals surface area contributed by atoms with Gasteiger partial charge in [0.15, 0.2) is 0 Å². The maximum Gasteiger partial charge on any atom is 0.128 e. The Morgan fingerprint density at radius 1 is 0.207 bits per heavy atom. The van der Waals surface area contributed by atoms with Gasteiger partial charge in [0.2, 0.25) is 0 Å². The summed E-state index contributed by atoms with van der Waals surface area (Å²) in [6.45, 7) is 0. The molecule has 0 bridgehead atoms. The molecular formula is C36HB21O. The molecular weight excluding hydrogens is 675 g/mol. The van der Waals surface area contributed by atoms with E-state index in [9.17, 15) is 0 Å². The van der Waals surface area contributed by atoms with E-state index in [0.717, 1.165) is 0 Å². The van der Waals surface area contributed by atoms with Crippen molar-refractivity contribution in [2.75, 3.05) is 0 Å². The van der Waals surface area contributed by atoms with Crippen LogP contribution in [-0.4, -0.2) is 165 Å². The SMILES string of the molecule is [B]c1c([B])c([B])c(-c2c3c([B])c([B])c([B])c([B])c3c(-c3c([B])c([B])c([B])c4oc5c([B])c6c([B])c([B])c([B])c([B])c6cc5c34)c3c([B])c([B])c([B])c([B])c23)c([B])c1[B]. The largest absolute Gasteiger partial charge is 0.457 e. The monoisotopic (exact) mass is 680 g/mol. The molecule has 8 aromatic rings. The van der Waals surface area contributed by atoms with Crippen LogP contribution in [0.25, 0.3) is 76.5 Å². The van der Waals surface area contributed by atoms with Gasteiger partial charge in [0.25, 0.3) is 0 Å². The molecule has 0 N–H and O–H groups in total. The second-order valence-electron chi connectivity index (χ2n) is 14.2. The summed E-state index contributed by atoms with van der Waals surface area (Å²) in [5.74, 6) is 0. The second-order valence-corrected chi connectivity index (χ2v) is 14.2. The zero-order valence-corrected chi connectivity index (χ0v) is 30.6. The Morgan fingerprint density at radius 3 is 0.948 bits per heavy atom. The van der Waals surface area contributed by atoms with E-state index in [4.69, 9.17) is 169 Å². The lowest BCUT2D eigenvalue weighted by Gasteiger charge is -2.32. The van der Waals surface area contributed by atoms with Gasteiger partial charge in [0.1, 0.15) is 176 Å². The van der Waals surface area contributed by atoms with Crippen LogP contribution in [0.3, 0.4) is 0 Å². The molecule has 0 amide bonds. The molecule has 0 spiro atoms. The zero-order valence-electron chi connectivity index (χ0n) is 30.6. The van der Waals surface area contributed by atoms with Crippen LogP contribution in [0.1, 0.15) is 0 Å². The summed E-state index contributed by atoms with van der Waals surface area (Å²) in [5.41, 5.74) is -0.929. The Kier molecular flexibility index (Phi) is 9.78. The van der Waals surface area contributed by atoms with Crippen molar-refractivity contribution in [3.05, 3.63) is 6.07 Å². The lowest BCUT2D eigenvalue weighted by atomic mass is 9.56. The molecule has 214 valence electrons. The van der Waals surface area contributed by atoms with Crippen molar-refractivity contribution in [2.45, 2.75) is 0 Å². The second kappa shape index (κ2) is 13.8. The molecule has 0 fully saturated rings. The predicted octanol–water partition coefficient (Wildman–Crippen LogP) is -15.0. The van der Waals surface area contributed by atoms with Crippen LogP contribution in [0.5, 0.6) is 0 Å². The van der Waals surface area contributed by atoms with Crippen LogP contribution in [-0.2, 0) is 0 Å². The highest BCUT2D eigenvalue weighted by molar-refractivity contribution is 6.75. The van der Waals surface area contributed by atoms with Gasteiger partial charge in [-0.2, -0.15) is 0 Å². The predicted molar refractivity (Wildman–Crippen MR) is 270 cm³/mol. The quantitative estimate of drug-likeness (QED) is 0.131. The number of furan rings is 1. The molecule has 7 aromatic carbocycles. The normalized spacial score (nSPS) is 11.9. The minimum absolute atomic E-state index is 0.0274. The van der Waals surface area contributed by atoms with Gasteiger partial charge in [-0.3, -0.25) is 0 Å². The zero-order chi connectivity index (χ0) is 42.6. The first-order valence-electron chi connectivity index (χ1n) is 17.0. The first-order chi connectivity index (χ1) is 27.1. The molecule has 0 saturated carbocycles. The summed E-state index contributed by atoms with van der Waals surface area (Å²) >= 11 is 0. The third-order valence-corrected chi connectivity index (χ3v) is 11.3. The van der Waals surface area contributed by atoms with Crippen molar-refractivity contribution in [3.8, 4) is 22.3 Å². The van der Waals surface area contributed by atoms with E-state index in [2.05, 4.69) is 0 Å². The summed E-state index contributed by atoms with van der Waals surface area (Å²) in [6, 6.07) is 1.64. The first kappa shape index (κ1) is 41.2. The highest BCUT2D eigenvalue weighted by atomic mass is 16.3. The van der Waals surface area contributed by atoms with Gasteiger partial charge in [-0.15, -0.1) is 54.6 Å². The third kappa shape index (κ3) is 5.14. The third-order valence-electron chi connectivity index (χ3n) is 11.3. The van der Waals surface area contributed by atoms with Gasteiger partial charge in [0.05, 0.1) is 0 Å². The van der Waals surface area contributed by atoms with Crippen LogP contribution >= 0.6 is 0 Å². The fourth-order valence-electron chi connectivity index (χ4n) is 8.13. The van der Waals surface area contributed by atoms with Crippen LogP contribution in [0.2, 0.25) is 0 Å². The van der Waals surface area contributed by atoms with E-state index >= 15 is 0 Å². The molecule has 0 atom stereocenters. The Labute approximate surface area is 364 Å². The Hall–Kier alpha value is -3.52. The van der Waals surface area contributed by atoms with Crippen LogP contribution in [0.4, 0.5) is 0 Å². The molecule has 1 heterocycles. The fraction of sp³-hybridized carbons (Fsp3) is 0. The van der Waals surface area contributed by atoms with E-state index in [1.54, 1.807) is 6.07 Å². The maximum atomic E-state index is 7.03. The van der Waals surface area contributed by atoms with Crippen molar-refractivity contribution in [1.82, 2.24) is 0 Å². The van der Waals surface area contributed by atoms with Crippen LogP contribution in [0.15, 0.2) is 10.5 Å². The number of fused-ring (bicyclic) bond motifs is 6. The molecule has 22 heteroatoms. The van der Waals surface area contributed by atoms with Gasteiger partial charge in [-0.05, 0) is 66.1 Å².